The highest BCUT2D eigenvalue weighted by Gasteiger charge is 2.29. The van der Waals surface area contributed by atoms with Crippen molar-refractivity contribution in [2.45, 2.75) is 12.8 Å². The zero-order chi connectivity index (χ0) is 18.7. The summed E-state index contributed by atoms with van der Waals surface area (Å²) in [5, 5.41) is 5.97. The molecule has 0 saturated heterocycles. The van der Waals surface area contributed by atoms with Gasteiger partial charge in [0.15, 0.2) is 0 Å². The fourth-order valence-electron chi connectivity index (χ4n) is 2.45. The summed E-state index contributed by atoms with van der Waals surface area (Å²) < 4.78 is 10.4. The van der Waals surface area contributed by atoms with Crippen LogP contribution in [0.2, 0.25) is 5.02 Å². The van der Waals surface area contributed by atoms with Gasteiger partial charge in [0.1, 0.15) is 11.5 Å². The van der Waals surface area contributed by atoms with Gasteiger partial charge in [-0.2, -0.15) is 0 Å². The van der Waals surface area contributed by atoms with E-state index in [-0.39, 0.29) is 17.7 Å². The van der Waals surface area contributed by atoms with Crippen LogP contribution in [0.25, 0.3) is 0 Å². The molecule has 1 fully saturated rings. The molecule has 0 heterocycles. The van der Waals surface area contributed by atoms with Crippen LogP contribution in [0.3, 0.4) is 0 Å². The molecule has 136 valence electrons. The van der Waals surface area contributed by atoms with E-state index in [4.69, 9.17) is 21.1 Å². The van der Waals surface area contributed by atoms with E-state index in [0.717, 1.165) is 12.8 Å². The number of hydrogen-bond donors (Lipinski definition) is 2. The van der Waals surface area contributed by atoms with Crippen LogP contribution in [0.1, 0.15) is 23.2 Å². The Morgan fingerprint density at radius 2 is 1.65 bits per heavy atom. The molecule has 2 amide bonds. The summed E-state index contributed by atoms with van der Waals surface area (Å²) in [5.41, 5.74) is 1.56. The first kappa shape index (κ1) is 18.1. The summed E-state index contributed by atoms with van der Waals surface area (Å²) in [7, 11) is 3.00. The van der Waals surface area contributed by atoms with Gasteiger partial charge in [0.2, 0.25) is 5.91 Å². The van der Waals surface area contributed by atoms with Crippen LogP contribution < -0.4 is 20.1 Å². The molecule has 7 heteroatoms. The molecule has 26 heavy (non-hydrogen) atoms. The second-order valence-corrected chi connectivity index (χ2v) is 6.39. The minimum Gasteiger partial charge on any atom is -0.495 e. The van der Waals surface area contributed by atoms with Crippen molar-refractivity contribution >= 4 is 34.8 Å². The lowest BCUT2D eigenvalue weighted by Gasteiger charge is -2.13. The normalized spacial score (nSPS) is 13.0. The quantitative estimate of drug-likeness (QED) is 0.802. The van der Waals surface area contributed by atoms with Gasteiger partial charge in [-0.3, -0.25) is 9.59 Å². The fraction of sp³-hybridized carbons (Fsp3) is 0.263. The second-order valence-electron chi connectivity index (χ2n) is 5.98. The summed E-state index contributed by atoms with van der Waals surface area (Å²) in [6, 6.07) is 9.88. The molecule has 0 radical (unpaired) electrons. The van der Waals surface area contributed by atoms with Crippen molar-refractivity contribution in [3.8, 4) is 11.5 Å². The third-order valence-electron chi connectivity index (χ3n) is 4.08. The number of rotatable bonds is 6. The van der Waals surface area contributed by atoms with Crippen molar-refractivity contribution in [3.63, 3.8) is 0 Å². The molecule has 1 saturated carbocycles. The number of anilines is 2. The summed E-state index contributed by atoms with van der Waals surface area (Å²) in [5.74, 6) is 0.736. The van der Waals surface area contributed by atoms with Gasteiger partial charge in [-0.1, -0.05) is 11.6 Å². The van der Waals surface area contributed by atoms with Gasteiger partial charge in [-0.05, 0) is 43.2 Å². The molecular weight excluding hydrogens is 356 g/mol. The largest absolute Gasteiger partial charge is 0.495 e. The molecule has 3 rings (SSSR count). The Labute approximate surface area is 156 Å². The van der Waals surface area contributed by atoms with E-state index < -0.39 is 0 Å². The van der Waals surface area contributed by atoms with Crippen LogP contribution in [-0.2, 0) is 4.79 Å². The van der Waals surface area contributed by atoms with Crippen molar-refractivity contribution in [2.75, 3.05) is 24.9 Å². The molecule has 2 aromatic carbocycles. The number of hydrogen-bond acceptors (Lipinski definition) is 4. The van der Waals surface area contributed by atoms with Crippen molar-refractivity contribution in [3.05, 3.63) is 47.0 Å². The van der Waals surface area contributed by atoms with Gasteiger partial charge >= 0.3 is 0 Å². The minimum atomic E-state index is -0.315. The van der Waals surface area contributed by atoms with E-state index in [1.54, 1.807) is 36.4 Å². The number of methoxy groups -OCH3 is 2. The fourth-order valence-corrected chi connectivity index (χ4v) is 2.69. The zero-order valence-electron chi connectivity index (χ0n) is 14.5. The van der Waals surface area contributed by atoms with Gasteiger partial charge in [0.05, 0.1) is 24.9 Å². The predicted molar refractivity (Wildman–Crippen MR) is 100 cm³/mol. The zero-order valence-corrected chi connectivity index (χ0v) is 15.2. The van der Waals surface area contributed by atoms with Gasteiger partial charge < -0.3 is 20.1 Å². The summed E-state index contributed by atoms with van der Waals surface area (Å²) in [4.78, 5) is 24.2. The third kappa shape index (κ3) is 4.08. The molecule has 0 unspecified atom stereocenters. The molecule has 0 bridgehead atoms. The van der Waals surface area contributed by atoms with E-state index in [2.05, 4.69) is 10.6 Å². The van der Waals surface area contributed by atoms with Crippen LogP contribution in [0.15, 0.2) is 36.4 Å². The van der Waals surface area contributed by atoms with E-state index in [0.29, 0.717) is 33.5 Å². The standard InChI is InChI=1S/C19H19ClN2O4/c1-25-16-10-17(26-2)15(9-14(16)20)22-19(24)12-5-7-13(8-6-12)21-18(23)11-3-4-11/h5-11H,3-4H2,1-2H3,(H,21,23)(H,22,24). The molecule has 0 spiro atoms. The van der Waals surface area contributed by atoms with Crippen molar-refractivity contribution < 1.29 is 19.1 Å². The maximum atomic E-state index is 12.5. The Morgan fingerprint density at radius 3 is 2.23 bits per heavy atom. The van der Waals surface area contributed by atoms with Crippen molar-refractivity contribution in [2.24, 2.45) is 5.92 Å². The maximum absolute atomic E-state index is 12.5. The highest BCUT2D eigenvalue weighted by atomic mass is 35.5. The van der Waals surface area contributed by atoms with Gasteiger partial charge in [-0.15, -0.1) is 0 Å². The lowest BCUT2D eigenvalue weighted by Crippen LogP contribution is -2.15. The average Bonchev–Trinajstić information content (AvgIpc) is 3.48. The first-order valence-electron chi connectivity index (χ1n) is 8.15. The van der Waals surface area contributed by atoms with Crippen LogP contribution in [0, 0.1) is 5.92 Å². The highest BCUT2D eigenvalue weighted by Crippen LogP contribution is 2.36. The SMILES string of the molecule is COc1cc(OC)c(NC(=O)c2ccc(NC(=O)C3CC3)cc2)cc1Cl. The van der Waals surface area contributed by atoms with Crippen LogP contribution in [0.4, 0.5) is 11.4 Å². The smallest absolute Gasteiger partial charge is 0.255 e. The number of carbonyl (C=O) groups excluding carboxylic acids is 2. The number of ether oxygens (including phenoxy) is 2. The average molecular weight is 375 g/mol. The molecular formula is C19H19ClN2O4. The summed E-state index contributed by atoms with van der Waals surface area (Å²) in [6.45, 7) is 0. The molecule has 2 N–H and O–H groups in total. The third-order valence-corrected chi connectivity index (χ3v) is 4.38. The number of halogens is 1. The van der Waals surface area contributed by atoms with Crippen LogP contribution in [-0.4, -0.2) is 26.0 Å². The first-order valence-corrected chi connectivity index (χ1v) is 8.53. The number of amides is 2. The Bertz CT molecular complexity index is 832. The second kappa shape index (κ2) is 7.66. The minimum absolute atomic E-state index is 0.0276. The van der Waals surface area contributed by atoms with E-state index >= 15 is 0 Å². The lowest BCUT2D eigenvalue weighted by atomic mass is 10.1. The van der Waals surface area contributed by atoms with Gasteiger partial charge in [-0.25, -0.2) is 0 Å². The maximum Gasteiger partial charge on any atom is 0.255 e. The Balaban J connectivity index is 1.71. The molecule has 0 atom stereocenters. The Kier molecular flexibility index (Phi) is 5.32. The highest BCUT2D eigenvalue weighted by molar-refractivity contribution is 6.32. The number of nitrogens with one attached hydrogen (secondary N) is 2. The Morgan fingerprint density at radius 1 is 1.00 bits per heavy atom. The molecule has 6 nitrogen and oxygen atoms in total. The molecule has 2 aromatic rings. The van der Waals surface area contributed by atoms with Gasteiger partial charge in [0.25, 0.3) is 5.91 Å². The van der Waals surface area contributed by atoms with Gasteiger partial charge in [0, 0.05) is 23.2 Å². The molecule has 1 aliphatic rings. The topological polar surface area (TPSA) is 76.7 Å². The monoisotopic (exact) mass is 374 g/mol. The molecule has 0 aromatic heterocycles. The van der Waals surface area contributed by atoms with Crippen LogP contribution in [0.5, 0.6) is 11.5 Å². The lowest BCUT2D eigenvalue weighted by molar-refractivity contribution is -0.117. The van der Waals surface area contributed by atoms with E-state index in [1.165, 1.54) is 14.2 Å². The van der Waals surface area contributed by atoms with E-state index in [1.807, 2.05) is 0 Å². The van der Waals surface area contributed by atoms with Crippen molar-refractivity contribution in [1.82, 2.24) is 0 Å². The van der Waals surface area contributed by atoms with E-state index in [9.17, 15) is 9.59 Å². The number of benzene rings is 2. The summed E-state index contributed by atoms with van der Waals surface area (Å²) >= 11 is 6.12. The molecule has 0 aliphatic heterocycles. The van der Waals surface area contributed by atoms with Crippen LogP contribution >= 0.6 is 11.6 Å². The Hall–Kier alpha value is -2.73. The van der Waals surface area contributed by atoms with Crippen molar-refractivity contribution in [1.29, 1.82) is 0 Å². The molecule has 1 aliphatic carbocycles. The summed E-state index contributed by atoms with van der Waals surface area (Å²) in [6.07, 6.45) is 1.89. The predicted octanol–water partition coefficient (Wildman–Crippen LogP) is 3.96. The first-order chi connectivity index (χ1) is 12.5. The number of carbonyl (C=O) groups is 2.